The Kier molecular flexibility index (Phi) is 6.21. The Labute approximate surface area is 297 Å². The molecular weight excluding hydrogens is 653 g/mol. The van der Waals surface area contributed by atoms with Crippen molar-refractivity contribution < 1.29 is 15.3 Å². The van der Waals surface area contributed by atoms with Gasteiger partial charge in [0.05, 0.1) is 41.5 Å². The molecule has 0 spiro atoms. The van der Waals surface area contributed by atoms with E-state index >= 15 is 0 Å². The number of aliphatic hydroxyl groups excluding tert-OH is 1. The van der Waals surface area contributed by atoms with Gasteiger partial charge >= 0.3 is 0 Å². The highest BCUT2D eigenvalue weighted by molar-refractivity contribution is 6.31. The number of nitriles is 1. The molecule has 1 aliphatic carbocycles. The van der Waals surface area contributed by atoms with E-state index in [-0.39, 0.29) is 39.7 Å². The molecule has 0 atom stereocenters. The summed E-state index contributed by atoms with van der Waals surface area (Å²) in [4.78, 5) is 9.97. The number of aliphatic hydroxyl groups is 1. The highest BCUT2D eigenvalue weighted by atomic mass is 16.3. The zero-order chi connectivity index (χ0) is 36.5. The molecule has 11 nitrogen and oxygen atoms in total. The van der Waals surface area contributed by atoms with Crippen molar-refractivity contribution >= 4 is 82.7 Å². The molecule has 2 aliphatic heterocycles. The van der Waals surface area contributed by atoms with Crippen LogP contribution >= 0.6 is 0 Å². The van der Waals surface area contributed by atoms with Crippen molar-refractivity contribution in [3.05, 3.63) is 105 Å². The van der Waals surface area contributed by atoms with Gasteiger partial charge in [-0.25, -0.2) is 14.7 Å². The Balaban J connectivity index is 1.60. The van der Waals surface area contributed by atoms with Crippen molar-refractivity contribution in [3.8, 4) is 17.6 Å². The molecule has 7 N–H and O–H groups in total. The summed E-state index contributed by atoms with van der Waals surface area (Å²) in [5, 5.41) is 52.7. The normalized spacial score (nSPS) is 17.3. The van der Waals surface area contributed by atoms with Crippen LogP contribution in [0.2, 0.25) is 0 Å². The minimum Gasteiger partial charge on any atom is -0.507 e. The predicted molar refractivity (Wildman–Crippen MR) is 209 cm³/mol. The molecule has 2 heterocycles. The first kappa shape index (κ1) is 30.9. The number of phenolic OH excluding ortho intramolecular Hbond substituents is 2. The van der Waals surface area contributed by atoms with Crippen LogP contribution in [0.15, 0.2) is 77.7 Å². The van der Waals surface area contributed by atoms with E-state index in [0.29, 0.717) is 67.8 Å². The van der Waals surface area contributed by atoms with Crippen molar-refractivity contribution in [1.29, 1.82) is 5.26 Å². The topological polar surface area (TPSA) is 154 Å². The number of nitrogens with zero attached hydrogens (tertiary/aromatic N) is 6. The molecule has 0 unspecified atom stereocenters. The maximum atomic E-state index is 12.6. The first-order valence-corrected chi connectivity index (χ1v) is 16.7. The zero-order valence-electron chi connectivity index (χ0n) is 28.9. The molecule has 254 valence electrons. The van der Waals surface area contributed by atoms with Gasteiger partial charge in [0.25, 0.3) is 5.70 Å². The van der Waals surface area contributed by atoms with E-state index in [1.54, 1.807) is 24.3 Å². The lowest BCUT2D eigenvalue weighted by molar-refractivity contribution is 0.434. The van der Waals surface area contributed by atoms with E-state index < -0.39 is 0 Å². The smallest absolute Gasteiger partial charge is 0.270 e. The molecule has 0 saturated carbocycles. The fourth-order valence-electron chi connectivity index (χ4n) is 8.90. The standard InChI is InChI=1S/C41H32N8O3/c1-45-23(16-42)31-37(35-28-19(8-6-10-21(28)43)39-32-24(46(2)17-48(39)4)13-12-22(44)30(32)35)41(52)38(31)36-29-20(9-7-11-26(29)50)40-33-25(47(3)18-49(40)5)14-15-27(51)34(33)36/h6-15H,17-18,43-44H2,2-5H3,(H2-,50,51,52)/p+1/b31-23-. The molecule has 52 heavy (non-hydrogen) atoms. The summed E-state index contributed by atoms with van der Waals surface area (Å²) in [7, 11) is 7.89. The van der Waals surface area contributed by atoms with Gasteiger partial charge in [-0.2, -0.15) is 0 Å². The van der Waals surface area contributed by atoms with E-state index in [2.05, 4.69) is 25.6 Å². The molecule has 0 amide bonds. The van der Waals surface area contributed by atoms with Crippen LogP contribution in [0.1, 0.15) is 5.56 Å². The van der Waals surface area contributed by atoms with Crippen molar-refractivity contribution in [3.63, 3.8) is 0 Å². The van der Waals surface area contributed by atoms with Gasteiger partial charge in [-0.05, 0) is 42.5 Å². The van der Waals surface area contributed by atoms with E-state index in [0.717, 1.165) is 33.2 Å². The Bertz CT molecular complexity index is 2990. The number of anilines is 5. The summed E-state index contributed by atoms with van der Waals surface area (Å²) in [5.41, 5.74) is 18.1. The Morgan fingerprint density at radius 3 is 2.19 bits per heavy atom. The van der Waals surface area contributed by atoms with Crippen LogP contribution < -0.4 is 41.3 Å². The first-order valence-electron chi connectivity index (χ1n) is 16.7. The van der Waals surface area contributed by atoms with E-state index in [4.69, 9.17) is 18.0 Å². The maximum absolute atomic E-state index is 12.6. The van der Waals surface area contributed by atoms with Gasteiger partial charge in [-0.1, -0.05) is 18.2 Å². The molecule has 11 heteroatoms. The maximum Gasteiger partial charge on any atom is 0.270 e. The average molecular weight is 686 g/mol. The molecule has 0 saturated heterocycles. The summed E-state index contributed by atoms with van der Waals surface area (Å²) in [6.07, 6.45) is 0. The van der Waals surface area contributed by atoms with E-state index in [1.165, 1.54) is 0 Å². The lowest BCUT2D eigenvalue weighted by Crippen LogP contribution is -2.42. The number of allylic oxidation sites excluding steroid dienone is 3. The number of aromatic hydroxyl groups is 2. The number of hydrogen-bond donors (Lipinski definition) is 5. The summed E-state index contributed by atoms with van der Waals surface area (Å²) < 4.78 is 2.05. The zero-order valence-corrected chi connectivity index (χ0v) is 28.9. The van der Waals surface area contributed by atoms with Gasteiger partial charge in [-0.15, -0.1) is 0 Å². The van der Waals surface area contributed by atoms with Crippen LogP contribution in [-0.2, 0) is 0 Å². The van der Waals surface area contributed by atoms with Gasteiger partial charge in [0.2, 0.25) is 12.0 Å². The van der Waals surface area contributed by atoms with E-state index in [9.17, 15) is 20.6 Å². The molecular formula is C41H33N8O3+. The van der Waals surface area contributed by atoms with Gasteiger partial charge in [-0.3, -0.25) is 0 Å². The third kappa shape index (κ3) is 3.69. The average Bonchev–Trinajstić information content (AvgIpc) is 3.10. The highest BCUT2D eigenvalue weighted by Crippen LogP contribution is 2.57. The number of fused-ring (bicyclic) bond motifs is 4. The lowest BCUT2D eigenvalue weighted by atomic mass is 9.73. The van der Waals surface area contributed by atoms with Gasteiger partial charge < -0.3 is 41.5 Å². The predicted octanol–water partition coefficient (Wildman–Crippen LogP) is 5.08. The molecule has 0 fully saturated rings. The van der Waals surface area contributed by atoms with Gasteiger partial charge in [0.1, 0.15) is 24.3 Å². The molecule has 6 aromatic carbocycles. The molecule has 0 aromatic heterocycles. The van der Waals surface area contributed by atoms with Crippen LogP contribution in [0.4, 0.5) is 28.4 Å². The van der Waals surface area contributed by atoms with Crippen molar-refractivity contribution in [2.45, 2.75) is 0 Å². The minimum atomic E-state index is -0.267. The van der Waals surface area contributed by atoms with Crippen LogP contribution in [0, 0.1) is 17.9 Å². The monoisotopic (exact) mass is 685 g/mol. The highest BCUT2D eigenvalue weighted by Gasteiger charge is 2.40. The van der Waals surface area contributed by atoms with Gasteiger partial charge in [0, 0.05) is 98.0 Å². The number of nitrogen functional groups attached to an aromatic ring is 2. The second-order valence-electron chi connectivity index (χ2n) is 13.8. The van der Waals surface area contributed by atoms with Crippen LogP contribution in [0.25, 0.3) is 59.1 Å². The van der Waals surface area contributed by atoms with Crippen molar-refractivity contribution in [2.24, 2.45) is 0 Å². The Morgan fingerprint density at radius 1 is 0.769 bits per heavy atom. The molecule has 9 rings (SSSR count). The van der Waals surface area contributed by atoms with Gasteiger partial charge in [0.15, 0.2) is 0 Å². The summed E-state index contributed by atoms with van der Waals surface area (Å²) in [6.45, 7) is 9.35. The number of nitrogens with two attached hydrogens (primary N) is 2. The third-order valence-corrected chi connectivity index (χ3v) is 10.9. The summed E-state index contributed by atoms with van der Waals surface area (Å²) in [5.74, 6) is -0.371. The number of rotatable bonds is 1. The number of benzene rings is 6. The Hall–Kier alpha value is -7.11. The third-order valence-electron chi connectivity index (χ3n) is 10.9. The molecule has 3 aliphatic rings. The van der Waals surface area contributed by atoms with Crippen molar-refractivity contribution in [2.75, 3.05) is 67.7 Å². The van der Waals surface area contributed by atoms with Crippen LogP contribution in [0.3, 0.4) is 0 Å². The first-order chi connectivity index (χ1) is 25.0. The second kappa shape index (κ2) is 10.5. The fraction of sp³-hybridized carbons (Fsp3) is 0.146. The fourth-order valence-corrected chi connectivity index (χ4v) is 8.90. The number of phenols is 2. The summed E-state index contributed by atoms with van der Waals surface area (Å²) >= 11 is 0. The lowest BCUT2D eigenvalue weighted by Gasteiger charge is -2.38. The SMILES string of the molecule is [C-]#[N+]/C(C#N)=C1C(c2c3c(N)cccc3c3c4c(ccc(N)c24)N(C)CN3C)=C(O)C/1=c1/c2c(O)cccc2c2c3c(ccc(O)c13)N(C)C[N+]=2C. The van der Waals surface area contributed by atoms with E-state index in [1.807, 2.05) is 69.2 Å². The van der Waals surface area contributed by atoms with Crippen LogP contribution in [-0.4, -0.2) is 56.8 Å². The molecule has 0 radical (unpaired) electrons. The summed E-state index contributed by atoms with van der Waals surface area (Å²) in [6, 6.07) is 20.2. The largest absolute Gasteiger partial charge is 0.507 e. The quantitative estimate of drug-likeness (QED) is 0.0525. The minimum absolute atomic E-state index is 0.0788. The molecule has 0 bridgehead atoms. The molecule has 6 aromatic rings. The van der Waals surface area contributed by atoms with Crippen LogP contribution in [0.5, 0.6) is 11.5 Å². The Morgan fingerprint density at radius 2 is 1.44 bits per heavy atom. The number of hydrogen-bond acceptors (Lipinski definition) is 9. The second-order valence-corrected chi connectivity index (χ2v) is 13.8. The van der Waals surface area contributed by atoms with Crippen molar-refractivity contribution in [1.82, 2.24) is 4.58 Å².